The number of rotatable bonds is 13. The Labute approximate surface area is 225 Å². The molecule has 0 unspecified atom stereocenters. The van der Waals surface area contributed by atoms with Gasteiger partial charge in [0, 0.05) is 19.2 Å². The molecule has 0 radical (unpaired) electrons. The van der Waals surface area contributed by atoms with Crippen LogP contribution in [0.5, 0.6) is 5.75 Å². The van der Waals surface area contributed by atoms with Crippen molar-refractivity contribution in [3.05, 3.63) is 90.5 Å². The fourth-order valence-electron chi connectivity index (χ4n) is 4.08. The van der Waals surface area contributed by atoms with Crippen LogP contribution in [0, 0.1) is 0 Å². The predicted octanol–water partition coefficient (Wildman–Crippen LogP) is 4.22. The third kappa shape index (κ3) is 7.13. The molecule has 3 rings (SSSR count). The lowest BCUT2D eigenvalue weighted by atomic mass is 10.1. The van der Waals surface area contributed by atoms with Crippen molar-refractivity contribution in [3.8, 4) is 5.75 Å². The van der Waals surface area contributed by atoms with E-state index in [1.165, 1.54) is 24.1 Å². The average molecular weight is 538 g/mol. The Morgan fingerprint density at radius 2 is 1.58 bits per heavy atom. The Balaban J connectivity index is 2.04. The summed E-state index contributed by atoms with van der Waals surface area (Å²) in [6.45, 7) is 3.95. The Kier molecular flexibility index (Phi) is 10.3. The van der Waals surface area contributed by atoms with Crippen LogP contribution in [-0.2, 0) is 26.2 Å². The third-order valence-corrected chi connectivity index (χ3v) is 7.87. The van der Waals surface area contributed by atoms with E-state index < -0.39 is 28.5 Å². The van der Waals surface area contributed by atoms with Crippen LogP contribution in [0.1, 0.15) is 32.3 Å². The van der Waals surface area contributed by atoms with Gasteiger partial charge in [-0.05, 0) is 42.7 Å². The largest absolute Gasteiger partial charge is 0.497 e. The molecule has 0 aliphatic rings. The molecule has 0 aromatic heterocycles. The Hall–Kier alpha value is -3.85. The van der Waals surface area contributed by atoms with Gasteiger partial charge in [0.15, 0.2) is 0 Å². The summed E-state index contributed by atoms with van der Waals surface area (Å²) in [6.07, 6.45) is 1.13. The van der Waals surface area contributed by atoms with E-state index in [-0.39, 0.29) is 23.0 Å². The molecule has 0 spiro atoms. The molecular formula is C29H35N3O5S. The van der Waals surface area contributed by atoms with Gasteiger partial charge in [0.05, 0.1) is 17.7 Å². The Morgan fingerprint density at radius 3 is 2.18 bits per heavy atom. The zero-order valence-electron chi connectivity index (χ0n) is 22.0. The molecule has 3 aromatic carbocycles. The lowest BCUT2D eigenvalue weighted by molar-refractivity contribution is -0.140. The SMILES string of the molecule is CCCNC(=O)[C@@H](CC)N(Cc1ccccc1)C(=O)CN(c1cccc(OC)c1)S(=O)(=O)c1ccccc1. The van der Waals surface area contributed by atoms with Crippen molar-refractivity contribution in [2.45, 2.75) is 44.2 Å². The maximum atomic E-state index is 14.0. The van der Waals surface area contributed by atoms with Gasteiger partial charge in [-0.2, -0.15) is 0 Å². The van der Waals surface area contributed by atoms with Gasteiger partial charge in [0.1, 0.15) is 18.3 Å². The normalized spacial score (nSPS) is 11.9. The number of anilines is 1. The molecule has 0 aliphatic heterocycles. The standard InChI is InChI=1S/C29H35N3O5S/c1-4-19-30-29(34)27(5-2)31(21-23-13-8-6-9-14-23)28(33)22-32(24-15-12-16-25(20-24)37-3)38(35,36)26-17-10-7-11-18-26/h6-18,20,27H,4-5,19,21-22H2,1-3H3,(H,30,34)/t27-/m1/s1. The molecule has 8 nitrogen and oxygen atoms in total. The number of hydrogen-bond donors (Lipinski definition) is 1. The van der Waals surface area contributed by atoms with E-state index in [0.717, 1.165) is 16.3 Å². The topological polar surface area (TPSA) is 96.0 Å². The predicted molar refractivity (Wildman–Crippen MR) is 148 cm³/mol. The third-order valence-electron chi connectivity index (χ3n) is 6.08. The fourth-order valence-corrected chi connectivity index (χ4v) is 5.51. The van der Waals surface area contributed by atoms with Crippen molar-refractivity contribution in [1.82, 2.24) is 10.2 Å². The van der Waals surface area contributed by atoms with Gasteiger partial charge in [-0.15, -0.1) is 0 Å². The Morgan fingerprint density at radius 1 is 0.921 bits per heavy atom. The van der Waals surface area contributed by atoms with Crippen LogP contribution in [-0.4, -0.2) is 51.4 Å². The molecule has 0 heterocycles. The first-order chi connectivity index (χ1) is 18.3. The van der Waals surface area contributed by atoms with Gasteiger partial charge in [-0.3, -0.25) is 13.9 Å². The molecule has 202 valence electrons. The molecule has 1 N–H and O–H groups in total. The summed E-state index contributed by atoms with van der Waals surface area (Å²) < 4.78 is 34.0. The van der Waals surface area contributed by atoms with Crippen LogP contribution in [0.4, 0.5) is 5.69 Å². The van der Waals surface area contributed by atoms with Gasteiger partial charge < -0.3 is 15.0 Å². The van der Waals surface area contributed by atoms with Crippen LogP contribution < -0.4 is 14.4 Å². The maximum Gasteiger partial charge on any atom is 0.264 e. The molecule has 38 heavy (non-hydrogen) atoms. The smallest absolute Gasteiger partial charge is 0.264 e. The minimum absolute atomic E-state index is 0.0537. The van der Waals surface area contributed by atoms with Gasteiger partial charge in [-0.25, -0.2) is 8.42 Å². The molecule has 0 fully saturated rings. The maximum absolute atomic E-state index is 14.0. The summed E-state index contributed by atoms with van der Waals surface area (Å²) in [6, 6.07) is 23.1. The first-order valence-electron chi connectivity index (χ1n) is 12.6. The summed E-state index contributed by atoms with van der Waals surface area (Å²) in [4.78, 5) is 28.5. The number of nitrogens with zero attached hydrogens (tertiary/aromatic N) is 2. The van der Waals surface area contributed by atoms with Gasteiger partial charge in [-0.1, -0.05) is 68.4 Å². The molecule has 3 aromatic rings. The van der Waals surface area contributed by atoms with Gasteiger partial charge in [0.25, 0.3) is 10.0 Å². The van der Waals surface area contributed by atoms with E-state index in [2.05, 4.69) is 5.32 Å². The first-order valence-corrected chi connectivity index (χ1v) is 14.1. The summed E-state index contributed by atoms with van der Waals surface area (Å²) in [5.74, 6) is -0.304. The molecule has 0 bridgehead atoms. The summed E-state index contributed by atoms with van der Waals surface area (Å²) in [5, 5.41) is 2.88. The molecule has 1 atom stereocenters. The highest BCUT2D eigenvalue weighted by atomic mass is 32.2. The zero-order chi connectivity index (χ0) is 27.5. The van der Waals surface area contributed by atoms with Gasteiger partial charge in [0.2, 0.25) is 11.8 Å². The van der Waals surface area contributed by atoms with E-state index >= 15 is 0 Å². The first kappa shape index (κ1) is 28.7. The minimum Gasteiger partial charge on any atom is -0.497 e. The summed E-state index contributed by atoms with van der Waals surface area (Å²) in [5.41, 5.74) is 1.12. The van der Waals surface area contributed by atoms with E-state index in [1.54, 1.807) is 42.5 Å². The van der Waals surface area contributed by atoms with Crippen LogP contribution in [0.15, 0.2) is 89.8 Å². The van der Waals surface area contributed by atoms with Gasteiger partial charge >= 0.3 is 0 Å². The number of carbonyl (C=O) groups excluding carboxylic acids is 2. The monoisotopic (exact) mass is 537 g/mol. The number of sulfonamides is 1. The highest BCUT2D eigenvalue weighted by molar-refractivity contribution is 7.92. The number of amides is 2. The molecule has 0 saturated heterocycles. The Bertz CT molecular complexity index is 1300. The van der Waals surface area contributed by atoms with E-state index in [1.807, 2.05) is 44.2 Å². The molecular weight excluding hydrogens is 502 g/mol. The fraction of sp³-hybridized carbons (Fsp3) is 0.310. The molecule has 2 amide bonds. The highest BCUT2D eigenvalue weighted by Crippen LogP contribution is 2.27. The summed E-state index contributed by atoms with van der Waals surface area (Å²) in [7, 11) is -2.63. The summed E-state index contributed by atoms with van der Waals surface area (Å²) >= 11 is 0. The lowest BCUT2D eigenvalue weighted by Gasteiger charge is -2.33. The van der Waals surface area contributed by atoms with Crippen LogP contribution in [0.25, 0.3) is 0 Å². The molecule has 0 saturated carbocycles. The van der Waals surface area contributed by atoms with Crippen LogP contribution in [0.2, 0.25) is 0 Å². The van der Waals surface area contributed by atoms with Crippen molar-refractivity contribution in [2.24, 2.45) is 0 Å². The minimum atomic E-state index is -4.12. The molecule has 9 heteroatoms. The van der Waals surface area contributed by atoms with Crippen molar-refractivity contribution in [2.75, 3.05) is 24.5 Å². The second-order valence-electron chi connectivity index (χ2n) is 8.75. The number of methoxy groups -OCH3 is 1. The van der Waals surface area contributed by atoms with Crippen molar-refractivity contribution in [1.29, 1.82) is 0 Å². The van der Waals surface area contributed by atoms with Crippen LogP contribution >= 0.6 is 0 Å². The van der Waals surface area contributed by atoms with E-state index in [9.17, 15) is 18.0 Å². The van der Waals surface area contributed by atoms with E-state index in [4.69, 9.17) is 4.74 Å². The number of nitrogens with one attached hydrogen (secondary N) is 1. The second-order valence-corrected chi connectivity index (χ2v) is 10.6. The van der Waals surface area contributed by atoms with Crippen LogP contribution in [0.3, 0.4) is 0 Å². The van der Waals surface area contributed by atoms with E-state index in [0.29, 0.717) is 18.7 Å². The average Bonchev–Trinajstić information content (AvgIpc) is 2.95. The lowest BCUT2D eigenvalue weighted by Crippen LogP contribution is -2.52. The van der Waals surface area contributed by atoms with Crippen molar-refractivity contribution in [3.63, 3.8) is 0 Å². The highest BCUT2D eigenvalue weighted by Gasteiger charge is 2.33. The number of benzene rings is 3. The number of carbonyl (C=O) groups is 2. The van der Waals surface area contributed by atoms with Crippen molar-refractivity contribution >= 4 is 27.5 Å². The number of hydrogen-bond acceptors (Lipinski definition) is 5. The zero-order valence-corrected chi connectivity index (χ0v) is 22.9. The number of ether oxygens (including phenoxy) is 1. The molecule has 0 aliphatic carbocycles. The van der Waals surface area contributed by atoms with Crippen molar-refractivity contribution < 1.29 is 22.7 Å². The quantitative estimate of drug-likeness (QED) is 0.352. The second kappa shape index (κ2) is 13.6.